The first-order valence-electron chi connectivity index (χ1n) is 8.27. The minimum absolute atomic E-state index is 0.314. The lowest BCUT2D eigenvalue weighted by Crippen LogP contribution is -2.17. The number of benzene rings is 2. The second-order valence-corrected chi connectivity index (χ2v) is 5.81. The van der Waals surface area contributed by atoms with E-state index in [2.05, 4.69) is 32.0 Å². The summed E-state index contributed by atoms with van der Waals surface area (Å²) in [4.78, 5) is 0. The molecule has 0 heterocycles. The Morgan fingerprint density at radius 2 is 1.70 bits per heavy atom. The van der Waals surface area contributed by atoms with Gasteiger partial charge in [-0.1, -0.05) is 35.9 Å². The van der Waals surface area contributed by atoms with Gasteiger partial charge in [-0.25, -0.2) is 0 Å². The summed E-state index contributed by atoms with van der Waals surface area (Å²) in [5.41, 5.74) is 9.89. The molecule has 0 aromatic heterocycles. The number of hydrogen-bond donors (Lipinski definition) is 1. The first kappa shape index (κ1) is 17.4. The van der Waals surface area contributed by atoms with Crippen LogP contribution < -0.4 is 15.2 Å². The average Bonchev–Trinajstić information content (AvgIpc) is 2.56. The van der Waals surface area contributed by atoms with Crippen molar-refractivity contribution in [3.8, 4) is 11.5 Å². The largest absolute Gasteiger partial charge is 0.490 e. The maximum Gasteiger partial charge on any atom is 0.161 e. The Morgan fingerprint density at radius 1 is 1.00 bits per heavy atom. The first-order valence-corrected chi connectivity index (χ1v) is 8.27. The van der Waals surface area contributed by atoms with E-state index in [0.717, 1.165) is 17.9 Å². The molecular weight excluding hydrogens is 286 g/mol. The zero-order valence-corrected chi connectivity index (χ0v) is 14.3. The molecule has 0 bridgehead atoms. The molecule has 0 aliphatic carbocycles. The van der Waals surface area contributed by atoms with Crippen LogP contribution in [0, 0.1) is 13.8 Å². The summed E-state index contributed by atoms with van der Waals surface area (Å²) in [5.74, 6) is 1.91. The van der Waals surface area contributed by atoms with Crippen LogP contribution in [0.4, 0.5) is 0 Å². The van der Waals surface area contributed by atoms with E-state index >= 15 is 0 Å². The van der Waals surface area contributed by atoms with Crippen molar-refractivity contribution in [2.75, 3.05) is 19.8 Å². The summed E-state index contributed by atoms with van der Waals surface area (Å²) in [5, 5.41) is 0. The molecule has 0 fully saturated rings. The van der Waals surface area contributed by atoms with Gasteiger partial charge in [-0.05, 0) is 62.9 Å². The summed E-state index contributed by atoms with van der Waals surface area (Å²) in [6, 6.07) is 14.3. The van der Waals surface area contributed by atoms with Crippen LogP contribution in [0.1, 0.15) is 36.0 Å². The molecule has 3 heteroatoms. The molecule has 1 atom stereocenters. The van der Waals surface area contributed by atoms with Gasteiger partial charge in [0.1, 0.15) is 0 Å². The molecule has 2 aromatic carbocycles. The van der Waals surface area contributed by atoms with Crippen molar-refractivity contribution in [1.29, 1.82) is 0 Å². The molecule has 124 valence electrons. The summed E-state index contributed by atoms with van der Waals surface area (Å²) < 4.78 is 11.5. The molecule has 23 heavy (non-hydrogen) atoms. The highest BCUT2D eigenvalue weighted by Gasteiger charge is 2.13. The molecule has 2 rings (SSSR count). The highest BCUT2D eigenvalue weighted by Crippen LogP contribution is 2.28. The van der Waals surface area contributed by atoms with Crippen LogP contribution in [-0.2, 0) is 0 Å². The molecule has 0 aliphatic rings. The molecule has 0 saturated carbocycles. The fourth-order valence-electron chi connectivity index (χ4n) is 2.76. The zero-order valence-electron chi connectivity index (χ0n) is 14.3. The van der Waals surface area contributed by atoms with E-state index in [9.17, 15) is 0 Å². The van der Waals surface area contributed by atoms with Crippen LogP contribution in [0.5, 0.6) is 11.5 Å². The predicted octanol–water partition coefficient (Wildman–Crippen LogP) is 4.21. The lowest BCUT2D eigenvalue weighted by atomic mass is 9.91. The maximum absolute atomic E-state index is 6.00. The number of aryl methyl sites for hydroxylation is 2. The van der Waals surface area contributed by atoms with Crippen LogP contribution in [0.3, 0.4) is 0 Å². The van der Waals surface area contributed by atoms with Crippen molar-refractivity contribution in [3.05, 3.63) is 59.2 Å². The van der Waals surface area contributed by atoms with Gasteiger partial charge in [0, 0.05) is 0 Å². The Kier molecular flexibility index (Phi) is 6.48. The highest BCUT2D eigenvalue weighted by atomic mass is 16.5. The Bertz CT molecular complexity index is 625. The first-order chi connectivity index (χ1) is 11.2. The van der Waals surface area contributed by atoms with Crippen LogP contribution in [-0.4, -0.2) is 19.8 Å². The van der Waals surface area contributed by atoms with Gasteiger partial charge < -0.3 is 15.2 Å². The van der Waals surface area contributed by atoms with Crippen LogP contribution in [0.15, 0.2) is 42.5 Å². The number of rotatable bonds is 8. The second kappa shape index (κ2) is 8.59. The topological polar surface area (TPSA) is 44.5 Å². The Balaban J connectivity index is 2.00. The van der Waals surface area contributed by atoms with Gasteiger partial charge in [0.15, 0.2) is 11.5 Å². The molecule has 0 saturated heterocycles. The number of para-hydroxylation sites is 2. The Labute approximate surface area is 139 Å². The third-order valence-electron chi connectivity index (χ3n) is 4.03. The van der Waals surface area contributed by atoms with Crippen molar-refractivity contribution in [2.45, 2.75) is 33.1 Å². The smallest absolute Gasteiger partial charge is 0.161 e. The van der Waals surface area contributed by atoms with Gasteiger partial charge in [0.2, 0.25) is 0 Å². The lowest BCUT2D eigenvalue weighted by Gasteiger charge is -2.19. The monoisotopic (exact) mass is 313 g/mol. The summed E-state index contributed by atoms with van der Waals surface area (Å²) in [6.07, 6.45) is 0.890. The van der Waals surface area contributed by atoms with Crippen LogP contribution in [0.25, 0.3) is 0 Å². The number of ether oxygens (including phenoxy) is 2. The van der Waals surface area contributed by atoms with E-state index in [1.807, 2.05) is 31.2 Å². The number of hydrogen-bond acceptors (Lipinski definition) is 3. The third-order valence-corrected chi connectivity index (χ3v) is 4.03. The van der Waals surface area contributed by atoms with Gasteiger partial charge >= 0.3 is 0 Å². The van der Waals surface area contributed by atoms with E-state index in [4.69, 9.17) is 15.2 Å². The quantitative estimate of drug-likeness (QED) is 0.794. The van der Waals surface area contributed by atoms with Crippen molar-refractivity contribution < 1.29 is 9.47 Å². The van der Waals surface area contributed by atoms with Gasteiger partial charge in [0.25, 0.3) is 0 Å². The van der Waals surface area contributed by atoms with Crippen molar-refractivity contribution in [2.24, 2.45) is 5.73 Å². The molecule has 2 N–H and O–H groups in total. The van der Waals surface area contributed by atoms with Crippen LogP contribution >= 0.6 is 0 Å². The van der Waals surface area contributed by atoms with Gasteiger partial charge in [0.05, 0.1) is 13.2 Å². The number of nitrogens with two attached hydrogens (primary N) is 1. The normalized spacial score (nSPS) is 12.0. The molecule has 2 aromatic rings. The van der Waals surface area contributed by atoms with Crippen LogP contribution in [0.2, 0.25) is 0 Å². The minimum atomic E-state index is 0.314. The van der Waals surface area contributed by atoms with E-state index in [1.54, 1.807) is 0 Å². The SMILES string of the molecule is CCOc1ccccc1OCCC(CN)c1cc(C)ccc1C. The third kappa shape index (κ3) is 4.73. The minimum Gasteiger partial charge on any atom is -0.490 e. The highest BCUT2D eigenvalue weighted by molar-refractivity contribution is 5.39. The Hall–Kier alpha value is -2.00. The van der Waals surface area contributed by atoms with Crippen molar-refractivity contribution >= 4 is 0 Å². The molecule has 0 radical (unpaired) electrons. The summed E-state index contributed by atoms with van der Waals surface area (Å²) in [7, 11) is 0. The van der Waals surface area contributed by atoms with Gasteiger partial charge in [-0.2, -0.15) is 0 Å². The Morgan fingerprint density at radius 3 is 2.35 bits per heavy atom. The fourth-order valence-corrected chi connectivity index (χ4v) is 2.76. The molecule has 3 nitrogen and oxygen atoms in total. The van der Waals surface area contributed by atoms with E-state index in [-0.39, 0.29) is 0 Å². The predicted molar refractivity (Wildman–Crippen MR) is 95.4 cm³/mol. The zero-order chi connectivity index (χ0) is 16.7. The van der Waals surface area contributed by atoms with E-state index < -0.39 is 0 Å². The fraction of sp³-hybridized carbons (Fsp3) is 0.400. The lowest BCUT2D eigenvalue weighted by molar-refractivity contribution is 0.266. The van der Waals surface area contributed by atoms with E-state index in [1.165, 1.54) is 16.7 Å². The van der Waals surface area contributed by atoms with Gasteiger partial charge in [-0.3, -0.25) is 0 Å². The second-order valence-electron chi connectivity index (χ2n) is 5.81. The van der Waals surface area contributed by atoms with Crippen molar-refractivity contribution in [3.63, 3.8) is 0 Å². The standard InChI is InChI=1S/C20H27NO2/c1-4-22-19-7-5-6-8-20(19)23-12-11-17(14-21)18-13-15(2)9-10-16(18)3/h5-10,13,17H,4,11-12,14,21H2,1-3H3. The molecule has 1 unspecified atom stereocenters. The summed E-state index contributed by atoms with van der Waals surface area (Å²) >= 11 is 0. The average molecular weight is 313 g/mol. The van der Waals surface area contributed by atoms with E-state index in [0.29, 0.717) is 25.7 Å². The van der Waals surface area contributed by atoms with Gasteiger partial charge in [-0.15, -0.1) is 0 Å². The summed E-state index contributed by atoms with van der Waals surface area (Å²) in [6.45, 7) is 8.12. The molecule has 0 spiro atoms. The molecule has 0 amide bonds. The molecular formula is C20H27NO2. The molecule has 0 aliphatic heterocycles. The van der Waals surface area contributed by atoms with Crippen molar-refractivity contribution in [1.82, 2.24) is 0 Å². The maximum atomic E-state index is 6.00.